The standard InChI is InChI=1S/C63H80N14O16.ClH/c1-7-39(5)53(71-57(80)47(32-41-26-28-45(29-27-41)92-35-42-18-11-9-12-19-42)69-58(81)52(38(3)4)70-56(79)46(72-77(90)91)22-16-30-67-62(64)65)60(83)74(48-23-15-24-49(75(86)87)54(48)76(88)89)51(33-44-34-66-37-68-44)59(82)73-31-17-25-50(73)55(78)63(85,40(6)8-2)61(84)93-36-43-20-13-10-14-21-43;/h9-15,18-21,23-24,26-29,34,37-40,46-47,50-53,72,85H,7-8,16-17,22,25,30-33,35-36H2,1-6H3,(H,66,68)(H,69,81)(H,70,79)(H,71,80)(H4,64,65,67);1H/t39-,40?,46-,47-,50-,51-,52-,53-,63?;/m0./s1. The summed E-state index contributed by atoms with van der Waals surface area (Å²) in [5.74, 6) is -10.4. The van der Waals surface area contributed by atoms with E-state index in [-0.39, 0.29) is 95.3 Å². The summed E-state index contributed by atoms with van der Waals surface area (Å²) in [6.45, 7) is 9.12. The highest BCUT2D eigenvalue weighted by Gasteiger charge is 2.56. The number of carbonyl (C=O) groups is 7. The number of nitro groups is 3. The van der Waals surface area contributed by atoms with Crippen LogP contribution in [-0.4, -0.2) is 137 Å². The smallest absolute Gasteiger partial charge is 0.369 e. The number of ketones is 1. The average molecular weight is 1330 g/mol. The lowest BCUT2D eigenvalue weighted by atomic mass is 9.79. The van der Waals surface area contributed by atoms with E-state index in [9.17, 15) is 49.8 Å². The van der Waals surface area contributed by atoms with Gasteiger partial charge in [-0.05, 0) is 78.8 Å². The number of benzene rings is 4. The van der Waals surface area contributed by atoms with E-state index < -0.39 is 139 Å². The molecule has 4 aromatic carbocycles. The third-order valence-electron chi connectivity index (χ3n) is 16.3. The van der Waals surface area contributed by atoms with Gasteiger partial charge in [-0.3, -0.25) is 59.3 Å². The molecule has 5 aromatic rings. The predicted molar refractivity (Wildman–Crippen MR) is 345 cm³/mol. The van der Waals surface area contributed by atoms with Crippen molar-refractivity contribution >= 4 is 76.7 Å². The van der Waals surface area contributed by atoms with Crippen LogP contribution < -0.4 is 42.1 Å². The molecule has 30 nitrogen and oxygen atoms in total. The number of nitrogens with one attached hydrogen (secondary N) is 7. The summed E-state index contributed by atoms with van der Waals surface area (Å²) in [5, 5.41) is 67.1. The molecule has 31 heteroatoms. The Kier molecular flexibility index (Phi) is 27.9. The average Bonchev–Trinajstić information content (AvgIpc) is 1.23. The Hall–Kier alpha value is -10.1. The third kappa shape index (κ3) is 19.5. The lowest BCUT2D eigenvalue weighted by Gasteiger charge is -2.39. The first-order chi connectivity index (χ1) is 44.3. The number of amides is 5. The number of aromatic nitrogens is 2. The molecule has 6 rings (SSSR count). The topological polar surface area (TPSA) is 433 Å². The number of hydrogen-bond acceptors (Lipinski definition) is 18. The molecule has 5 amide bonds. The number of nitrogens with zero attached hydrogens (tertiary/aromatic N) is 6. The predicted octanol–water partition coefficient (Wildman–Crippen LogP) is 5.06. The maximum absolute atomic E-state index is 16.2. The first kappa shape index (κ1) is 74.6. The highest BCUT2D eigenvalue weighted by atomic mass is 35.5. The van der Waals surface area contributed by atoms with Crippen LogP contribution in [0.4, 0.5) is 17.1 Å². The monoisotopic (exact) mass is 1320 g/mol. The zero-order valence-corrected chi connectivity index (χ0v) is 53.7. The minimum Gasteiger partial charge on any atom is -0.489 e. The molecule has 0 aliphatic carbocycles. The lowest BCUT2D eigenvalue weighted by Crippen LogP contribution is -2.64. The van der Waals surface area contributed by atoms with Gasteiger partial charge in [0.1, 0.15) is 48.8 Å². The van der Waals surface area contributed by atoms with Crippen LogP contribution in [0, 0.1) is 53.5 Å². The van der Waals surface area contributed by atoms with E-state index in [4.69, 9.17) is 20.6 Å². The van der Waals surface area contributed by atoms with Crippen LogP contribution in [0.2, 0.25) is 0 Å². The van der Waals surface area contributed by atoms with E-state index in [2.05, 4.69) is 31.2 Å². The van der Waals surface area contributed by atoms with Gasteiger partial charge in [-0.15, -0.1) is 17.8 Å². The molecule has 1 aromatic heterocycles. The largest absolute Gasteiger partial charge is 0.489 e. The Labute approximate surface area is 548 Å². The Balaban J connectivity index is 0.0000160. The molecule has 1 saturated heterocycles. The lowest BCUT2D eigenvalue weighted by molar-refractivity contribution is -0.548. The number of esters is 1. The van der Waals surface area contributed by atoms with E-state index in [1.54, 1.807) is 82.3 Å². The van der Waals surface area contributed by atoms with Crippen LogP contribution in [-0.2, 0) is 64.4 Å². The number of halogens is 1. The first-order valence-electron chi connectivity index (χ1n) is 30.5. The van der Waals surface area contributed by atoms with Crippen molar-refractivity contribution in [2.45, 2.75) is 148 Å². The van der Waals surface area contributed by atoms with E-state index in [0.717, 1.165) is 28.7 Å². The second-order valence-corrected chi connectivity index (χ2v) is 23.0. The van der Waals surface area contributed by atoms with Crippen LogP contribution in [0.5, 0.6) is 5.75 Å². The molecular formula is C63H81ClN14O16. The van der Waals surface area contributed by atoms with Crippen LogP contribution in [0.25, 0.3) is 0 Å². The summed E-state index contributed by atoms with van der Waals surface area (Å²) in [5.41, 5.74) is 3.27. The number of Topliss-reactive ketones (excluding diaryl/α,β-unsaturated/α-hetero) is 1. The normalized spacial score (nSPS) is 15.5. The van der Waals surface area contributed by atoms with Crippen molar-refractivity contribution in [1.29, 1.82) is 5.41 Å². The molecule has 1 fully saturated rings. The fourth-order valence-electron chi connectivity index (χ4n) is 10.8. The van der Waals surface area contributed by atoms with Crippen molar-refractivity contribution in [1.82, 2.24) is 41.6 Å². The second-order valence-electron chi connectivity index (χ2n) is 23.0. The van der Waals surface area contributed by atoms with Gasteiger partial charge in [-0.1, -0.05) is 127 Å². The Morgan fingerprint density at radius 1 is 0.787 bits per heavy atom. The first-order valence-corrected chi connectivity index (χ1v) is 30.5. The molecular weight excluding hydrogens is 1240 g/mol. The van der Waals surface area contributed by atoms with Crippen molar-refractivity contribution in [3.8, 4) is 5.75 Å². The van der Waals surface area contributed by atoms with Crippen molar-refractivity contribution in [3.05, 3.63) is 168 Å². The quantitative estimate of drug-likeness (QED) is 0.00486. The number of H-pyrrole nitrogens is 1. The Morgan fingerprint density at radius 3 is 1.98 bits per heavy atom. The van der Waals surface area contributed by atoms with Crippen LogP contribution in [0.1, 0.15) is 102 Å². The fraction of sp³-hybridized carbons (Fsp3) is 0.444. The van der Waals surface area contributed by atoms with Gasteiger partial charge in [0.15, 0.2) is 22.8 Å². The zero-order valence-electron chi connectivity index (χ0n) is 52.9. The Morgan fingerprint density at radius 2 is 1.41 bits per heavy atom. The van der Waals surface area contributed by atoms with Crippen molar-refractivity contribution < 1.29 is 63.0 Å². The number of likely N-dealkylation sites (tertiary alicyclic amines) is 1. The molecule has 2 unspecified atom stereocenters. The van der Waals surface area contributed by atoms with Crippen molar-refractivity contribution in [2.75, 3.05) is 18.0 Å². The highest BCUT2D eigenvalue weighted by Crippen LogP contribution is 2.40. The molecule has 0 spiro atoms. The third-order valence-corrected chi connectivity index (χ3v) is 16.3. The molecule has 506 valence electrons. The molecule has 0 radical (unpaired) electrons. The van der Waals surface area contributed by atoms with Crippen molar-refractivity contribution in [2.24, 2.45) is 23.5 Å². The van der Waals surface area contributed by atoms with Gasteiger partial charge in [0.2, 0.25) is 29.2 Å². The van der Waals surface area contributed by atoms with Gasteiger partial charge in [-0.2, -0.15) is 0 Å². The minimum atomic E-state index is -2.84. The number of carbonyl (C=O) groups excluding carboxylic acids is 7. The van der Waals surface area contributed by atoms with E-state index in [1.807, 2.05) is 35.8 Å². The number of para-hydroxylation sites is 1. The summed E-state index contributed by atoms with van der Waals surface area (Å²) < 4.78 is 11.6. The number of aliphatic hydroxyl groups is 1. The molecule has 1 aliphatic rings. The Bertz CT molecular complexity index is 3440. The number of rotatable bonds is 35. The van der Waals surface area contributed by atoms with Gasteiger partial charge in [-0.25, -0.2) is 19.9 Å². The zero-order chi connectivity index (χ0) is 68.1. The second kappa shape index (κ2) is 35.1. The van der Waals surface area contributed by atoms with Gasteiger partial charge in [0.05, 0.1) is 27.9 Å². The number of aromatic amines is 1. The summed E-state index contributed by atoms with van der Waals surface area (Å²) >= 11 is 0. The number of guanidine groups is 1. The molecule has 0 saturated carbocycles. The maximum Gasteiger partial charge on any atom is 0.369 e. The summed E-state index contributed by atoms with van der Waals surface area (Å²) in [6.07, 6.45) is 1.78. The number of hydrogen-bond donors (Lipinski definition) is 9. The number of anilines is 1. The minimum absolute atomic E-state index is 0. The number of nitrogens with two attached hydrogens (primary N) is 1. The van der Waals surface area contributed by atoms with E-state index in [0.29, 0.717) is 21.8 Å². The maximum atomic E-state index is 16.2. The van der Waals surface area contributed by atoms with Gasteiger partial charge in [0.25, 0.3) is 5.91 Å². The SMILES string of the molecule is CCC(C)C(O)(C(=O)OCc1ccccc1)C(=O)[C@@H]1CCCN1C(=O)[C@H](Cc1c[nH]cn1)N(C(=O)[C@@H](NC(=O)[C@H](Cc1ccc(OCc2ccccc2)cc1)NC(=O)[C@@H](NC(=O)[C@H](CCCNC(=N)N)N[N+](=O)[O-])C(C)C)[C@@H](C)CC)c1cccc([N+](=O)[O-])c1[N+](=O)[O-].Cl. The van der Waals surface area contributed by atoms with Gasteiger partial charge >= 0.3 is 17.3 Å². The summed E-state index contributed by atoms with van der Waals surface area (Å²) in [4.78, 5) is 149. The molecule has 2 heterocycles. The molecule has 0 bridgehead atoms. The van der Waals surface area contributed by atoms with Crippen molar-refractivity contribution in [3.63, 3.8) is 0 Å². The number of hydrazine groups is 1. The number of ether oxygens (including phenoxy) is 2. The van der Waals surface area contributed by atoms with Crippen LogP contribution in [0.15, 0.2) is 116 Å². The summed E-state index contributed by atoms with van der Waals surface area (Å²) in [6, 6.07) is 17.1. The highest BCUT2D eigenvalue weighted by molar-refractivity contribution is 6.12. The number of nitro benzene ring substituents is 2. The van der Waals surface area contributed by atoms with E-state index in [1.165, 1.54) is 26.4 Å². The summed E-state index contributed by atoms with van der Waals surface area (Å²) in [7, 11) is 0. The molecule has 10 N–H and O–H groups in total. The molecule has 94 heavy (non-hydrogen) atoms. The van der Waals surface area contributed by atoms with Crippen LogP contribution in [0.3, 0.4) is 0 Å². The molecule has 9 atom stereocenters. The van der Waals surface area contributed by atoms with Gasteiger partial charge in [0, 0.05) is 44.1 Å². The van der Waals surface area contributed by atoms with Gasteiger partial charge < -0.3 is 51.5 Å². The number of imidazole rings is 1. The molecule has 1 aliphatic heterocycles. The fourth-order valence-corrected chi connectivity index (χ4v) is 10.8. The van der Waals surface area contributed by atoms with E-state index >= 15 is 19.2 Å². The van der Waals surface area contributed by atoms with Crippen LogP contribution >= 0.6 is 12.4 Å².